The molecule has 3 aromatic rings. The molecule has 9 heteroatoms. The molecule has 192 valence electrons. The number of sulfonamides is 1. The highest BCUT2D eigenvalue weighted by Crippen LogP contribution is 2.35. The molecular weight excluding hydrogens is 490 g/mol. The lowest BCUT2D eigenvalue weighted by molar-refractivity contribution is -0.129. The molecule has 2 atom stereocenters. The summed E-state index contributed by atoms with van der Waals surface area (Å²) in [6.45, 7) is 0.869. The van der Waals surface area contributed by atoms with Crippen molar-refractivity contribution in [1.82, 2.24) is 9.62 Å². The summed E-state index contributed by atoms with van der Waals surface area (Å²) in [4.78, 5) is 28.6. The van der Waals surface area contributed by atoms with Crippen LogP contribution in [0.15, 0.2) is 89.8 Å². The first-order valence-corrected chi connectivity index (χ1v) is 13.8. The summed E-state index contributed by atoms with van der Waals surface area (Å²) in [5, 5.41) is 2.89. The molecule has 1 N–H and O–H groups in total. The summed E-state index contributed by atoms with van der Waals surface area (Å²) < 4.78 is 33.7. The van der Waals surface area contributed by atoms with Gasteiger partial charge in [-0.15, -0.1) is 0 Å². The summed E-state index contributed by atoms with van der Waals surface area (Å²) in [5.74, 6) is -0.587. The van der Waals surface area contributed by atoms with Crippen LogP contribution < -0.4 is 15.0 Å². The number of hydrogen-bond acceptors (Lipinski definition) is 5. The maximum absolute atomic E-state index is 13.8. The average Bonchev–Trinajstić information content (AvgIpc) is 2.96. The third-order valence-electron chi connectivity index (χ3n) is 6.76. The summed E-state index contributed by atoms with van der Waals surface area (Å²) in [6, 6.07) is 25.0. The second kappa shape index (κ2) is 10.7. The van der Waals surface area contributed by atoms with Crippen LogP contribution in [0.25, 0.3) is 0 Å². The number of benzene rings is 3. The van der Waals surface area contributed by atoms with Crippen molar-refractivity contribution >= 4 is 27.5 Å². The lowest BCUT2D eigenvalue weighted by atomic mass is 9.97. The van der Waals surface area contributed by atoms with Gasteiger partial charge in [-0.25, -0.2) is 8.42 Å². The van der Waals surface area contributed by atoms with Crippen LogP contribution in [0.3, 0.4) is 0 Å². The van der Waals surface area contributed by atoms with Crippen LogP contribution >= 0.6 is 0 Å². The van der Waals surface area contributed by atoms with Crippen LogP contribution in [0.4, 0.5) is 5.69 Å². The summed E-state index contributed by atoms with van der Waals surface area (Å²) in [7, 11) is -3.70. The minimum absolute atomic E-state index is 0.0540. The zero-order valence-corrected chi connectivity index (χ0v) is 21.1. The van der Waals surface area contributed by atoms with E-state index in [0.717, 1.165) is 5.56 Å². The van der Waals surface area contributed by atoms with Crippen LogP contribution in [0.5, 0.6) is 5.75 Å². The number of carbonyl (C=O) groups is 2. The first-order chi connectivity index (χ1) is 17.9. The Morgan fingerprint density at radius 2 is 1.57 bits per heavy atom. The van der Waals surface area contributed by atoms with E-state index in [-0.39, 0.29) is 29.8 Å². The Kier molecular flexibility index (Phi) is 7.25. The number of para-hydroxylation sites is 2. The summed E-state index contributed by atoms with van der Waals surface area (Å²) in [6.07, 6.45) is 0.273. The number of carbonyl (C=O) groups excluding carboxylic acids is 2. The molecule has 2 aliphatic rings. The molecule has 2 amide bonds. The fourth-order valence-corrected chi connectivity index (χ4v) is 6.35. The van der Waals surface area contributed by atoms with E-state index in [2.05, 4.69) is 5.32 Å². The molecule has 3 aromatic carbocycles. The standard InChI is InChI=1S/C28H29N3O5S/c32-27(29-18-21-10-3-1-4-11-21)26-20-31(24-15-7-8-16-25(24)36-26)28(33)22-12-9-17-30(19-22)37(34,35)23-13-5-2-6-14-23/h1-8,10-11,13-16,22,26H,9,12,17-20H2,(H,29,32). The number of hydrogen-bond donors (Lipinski definition) is 1. The molecule has 0 spiro atoms. The highest BCUT2D eigenvalue weighted by Gasteiger charge is 2.39. The lowest BCUT2D eigenvalue weighted by Gasteiger charge is -2.38. The molecule has 0 radical (unpaired) electrons. The van der Waals surface area contributed by atoms with Crippen molar-refractivity contribution in [2.24, 2.45) is 5.92 Å². The molecule has 1 saturated heterocycles. The monoisotopic (exact) mass is 519 g/mol. The lowest BCUT2D eigenvalue weighted by Crippen LogP contribution is -2.53. The predicted octanol–water partition coefficient (Wildman–Crippen LogP) is 3.20. The predicted molar refractivity (Wildman–Crippen MR) is 139 cm³/mol. The molecule has 8 nitrogen and oxygen atoms in total. The number of nitrogens with one attached hydrogen (secondary N) is 1. The quantitative estimate of drug-likeness (QED) is 0.540. The average molecular weight is 520 g/mol. The largest absolute Gasteiger partial charge is 0.477 e. The number of rotatable bonds is 6. The maximum Gasteiger partial charge on any atom is 0.263 e. The van der Waals surface area contributed by atoms with Gasteiger partial charge in [-0.3, -0.25) is 9.59 Å². The Bertz CT molecular complexity index is 1360. The zero-order valence-electron chi connectivity index (χ0n) is 20.3. The zero-order chi connectivity index (χ0) is 25.8. The molecule has 5 rings (SSSR count). The van der Waals surface area contributed by atoms with Gasteiger partial charge in [0.25, 0.3) is 5.91 Å². The Morgan fingerprint density at radius 1 is 0.892 bits per heavy atom. The molecule has 0 saturated carbocycles. The van der Waals surface area contributed by atoms with Crippen LogP contribution in [0, 0.1) is 5.92 Å². The normalized spacial score (nSPS) is 19.9. The van der Waals surface area contributed by atoms with Crippen molar-refractivity contribution in [3.8, 4) is 5.75 Å². The van der Waals surface area contributed by atoms with Crippen molar-refractivity contribution in [3.05, 3.63) is 90.5 Å². The molecule has 2 aliphatic heterocycles. The fraction of sp³-hybridized carbons (Fsp3) is 0.286. The highest BCUT2D eigenvalue weighted by molar-refractivity contribution is 7.89. The van der Waals surface area contributed by atoms with Crippen LogP contribution in [0.2, 0.25) is 0 Å². The third-order valence-corrected chi connectivity index (χ3v) is 8.64. The van der Waals surface area contributed by atoms with E-state index in [1.807, 2.05) is 36.4 Å². The van der Waals surface area contributed by atoms with Crippen LogP contribution in [0.1, 0.15) is 18.4 Å². The number of fused-ring (bicyclic) bond motifs is 1. The van der Waals surface area contributed by atoms with Crippen molar-refractivity contribution in [3.63, 3.8) is 0 Å². The number of amides is 2. The van der Waals surface area contributed by atoms with Crippen molar-refractivity contribution in [2.45, 2.75) is 30.4 Å². The van der Waals surface area contributed by atoms with Crippen LogP contribution in [-0.4, -0.2) is 50.3 Å². The van der Waals surface area contributed by atoms with E-state index in [0.29, 0.717) is 37.4 Å². The van der Waals surface area contributed by atoms with Crippen molar-refractivity contribution in [1.29, 1.82) is 0 Å². The minimum atomic E-state index is -3.70. The van der Waals surface area contributed by atoms with Gasteiger partial charge in [-0.2, -0.15) is 4.31 Å². The Hall–Kier alpha value is -3.69. The van der Waals surface area contributed by atoms with E-state index in [1.54, 1.807) is 53.4 Å². The van der Waals surface area contributed by atoms with Crippen LogP contribution in [-0.2, 0) is 26.2 Å². The third kappa shape index (κ3) is 5.38. The first kappa shape index (κ1) is 25.0. The van der Waals surface area contributed by atoms with Gasteiger partial charge in [0, 0.05) is 19.6 Å². The highest BCUT2D eigenvalue weighted by atomic mass is 32.2. The van der Waals surface area contributed by atoms with Gasteiger partial charge < -0.3 is 15.0 Å². The van der Waals surface area contributed by atoms with Gasteiger partial charge in [0.1, 0.15) is 5.75 Å². The molecule has 0 aliphatic carbocycles. The second-order valence-electron chi connectivity index (χ2n) is 9.24. The van der Waals surface area contributed by atoms with Gasteiger partial charge in [-0.05, 0) is 42.7 Å². The van der Waals surface area contributed by atoms with E-state index >= 15 is 0 Å². The molecule has 2 heterocycles. The Morgan fingerprint density at radius 3 is 2.32 bits per heavy atom. The minimum Gasteiger partial charge on any atom is -0.477 e. The molecule has 0 bridgehead atoms. The van der Waals surface area contributed by atoms with Gasteiger partial charge in [0.05, 0.1) is 23.0 Å². The van der Waals surface area contributed by atoms with E-state index in [1.165, 1.54) is 4.31 Å². The molecule has 37 heavy (non-hydrogen) atoms. The number of piperidine rings is 1. The Labute approximate surface area is 216 Å². The number of ether oxygens (including phenoxy) is 1. The van der Waals surface area contributed by atoms with Gasteiger partial charge >= 0.3 is 0 Å². The SMILES string of the molecule is O=C(NCc1ccccc1)C1CN(C(=O)C2CCCN(S(=O)(=O)c3ccccc3)C2)c2ccccc2O1. The first-order valence-electron chi connectivity index (χ1n) is 12.4. The van der Waals surface area contributed by atoms with Gasteiger partial charge in [-0.1, -0.05) is 60.7 Å². The van der Waals surface area contributed by atoms with Crippen molar-refractivity contribution < 1.29 is 22.7 Å². The molecule has 0 aromatic heterocycles. The second-order valence-corrected chi connectivity index (χ2v) is 11.2. The maximum atomic E-state index is 13.8. The molecular formula is C28H29N3O5S. The van der Waals surface area contributed by atoms with E-state index < -0.39 is 22.0 Å². The Balaban J connectivity index is 1.33. The van der Waals surface area contributed by atoms with Gasteiger partial charge in [0.2, 0.25) is 15.9 Å². The smallest absolute Gasteiger partial charge is 0.263 e. The van der Waals surface area contributed by atoms with E-state index in [9.17, 15) is 18.0 Å². The summed E-state index contributed by atoms with van der Waals surface area (Å²) in [5.41, 5.74) is 1.55. The van der Waals surface area contributed by atoms with Crippen molar-refractivity contribution in [2.75, 3.05) is 24.5 Å². The topological polar surface area (TPSA) is 96.0 Å². The molecule has 2 unspecified atom stereocenters. The number of nitrogens with zero attached hydrogens (tertiary/aromatic N) is 2. The number of anilines is 1. The fourth-order valence-electron chi connectivity index (χ4n) is 4.80. The molecule has 1 fully saturated rings. The summed E-state index contributed by atoms with van der Waals surface area (Å²) >= 11 is 0. The van der Waals surface area contributed by atoms with E-state index in [4.69, 9.17) is 4.74 Å². The van der Waals surface area contributed by atoms with Gasteiger partial charge in [0.15, 0.2) is 6.10 Å².